The SMILES string of the molecule is CCCCc1nc2c(N)nnc(OC(C)C)c2n1C[C@H]1CC[C@H](CNC(=O)[C@H](CCCNC(N)=O)NC(=O)[C@@H](NC(=O)CCCC(=O)NCCOCCOCCOCCN=[N+]=[N-])C(C)C)CC1. The number of nitrogens with two attached hydrogens (primary N) is 2. The Hall–Kier alpha value is -5.51. The predicted molar refractivity (Wildman–Crippen MR) is 251 cm³/mol. The average molecular weight is 945 g/mol. The van der Waals surface area contributed by atoms with Crippen LogP contribution in [-0.2, 0) is 46.4 Å². The molecule has 0 bridgehead atoms. The van der Waals surface area contributed by atoms with Crippen LogP contribution >= 0.6 is 0 Å². The highest BCUT2D eigenvalue weighted by molar-refractivity contribution is 5.92. The van der Waals surface area contributed by atoms with Gasteiger partial charge < -0.3 is 61.6 Å². The normalized spacial score (nSPS) is 15.7. The highest BCUT2D eigenvalue weighted by atomic mass is 16.5. The zero-order valence-corrected chi connectivity index (χ0v) is 40.2. The van der Waals surface area contributed by atoms with Gasteiger partial charge in [-0.05, 0) is 88.5 Å². The van der Waals surface area contributed by atoms with Crippen molar-refractivity contribution in [1.82, 2.24) is 46.3 Å². The van der Waals surface area contributed by atoms with E-state index in [0.717, 1.165) is 62.8 Å². The van der Waals surface area contributed by atoms with Gasteiger partial charge in [-0.25, -0.2) is 9.78 Å². The molecule has 2 heterocycles. The number of nitrogen functional groups attached to an aromatic ring is 1. The second-order valence-electron chi connectivity index (χ2n) is 17.4. The van der Waals surface area contributed by atoms with Crippen LogP contribution in [0.15, 0.2) is 5.11 Å². The lowest BCUT2D eigenvalue weighted by molar-refractivity contribution is -0.133. The van der Waals surface area contributed by atoms with Crippen LogP contribution in [-0.4, -0.2) is 133 Å². The second-order valence-corrected chi connectivity index (χ2v) is 17.4. The van der Waals surface area contributed by atoms with E-state index in [1.807, 2.05) is 13.8 Å². The lowest BCUT2D eigenvalue weighted by atomic mass is 9.82. The molecule has 1 fully saturated rings. The number of amides is 6. The number of rotatable bonds is 34. The van der Waals surface area contributed by atoms with Crippen LogP contribution in [0.5, 0.6) is 5.88 Å². The third-order valence-corrected chi connectivity index (χ3v) is 11.2. The number of nitrogens with one attached hydrogen (secondary N) is 5. The number of aryl methyl sites for hydroxylation is 1. The van der Waals surface area contributed by atoms with Crippen molar-refractivity contribution in [3.63, 3.8) is 0 Å². The summed E-state index contributed by atoms with van der Waals surface area (Å²) in [6, 6.07) is -2.54. The van der Waals surface area contributed by atoms with Gasteiger partial charge in [0.25, 0.3) is 5.88 Å². The van der Waals surface area contributed by atoms with E-state index in [2.05, 4.69) is 58.3 Å². The Labute approximate surface area is 393 Å². The first-order valence-electron chi connectivity index (χ1n) is 23.8. The molecule has 0 spiro atoms. The minimum atomic E-state index is -0.931. The van der Waals surface area contributed by atoms with Crippen LogP contribution in [0.25, 0.3) is 21.5 Å². The number of primary amides is 1. The van der Waals surface area contributed by atoms with Gasteiger partial charge in [-0.3, -0.25) is 19.2 Å². The number of carbonyl (C=O) groups is 5. The van der Waals surface area contributed by atoms with E-state index in [1.54, 1.807) is 13.8 Å². The van der Waals surface area contributed by atoms with Crippen LogP contribution < -0.4 is 42.8 Å². The largest absolute Gasteiger partial charge is 0.472 e. The summed E-state index contributed by atoms with van der Waals surface area (Å²) in [6.45, 7) is 13.7. The van der Waals surface area contributed by atoms with E-state index in [9.17, 15) is 24.0 Å². The van der Waals surface area contributed by atoms with Crippen LogP contribution in [0.2, 0.25) is 0 Å². The Balaban J connectivity index is 1.46. The molecule has 1 aliphatic rings. The molecule has 0 unspecified atom stereocenters. The molecule has 2 aromatic rings. The molecule has 23 nitrogen and oxygen atoms in total. The average Bonchev–Trinajstić information content (AvgIpc) is 3.66. The molecule has 2 atom stereocenters. The number of hydrogen-bond acceptors (Lipinski definition) is 14. The van der Waals surface area contributed by atoms with Gasteiger partial charge in [0.2, 0.25) is 23.6 Å². The fourth-order valence-corrected chi connectivity index (χ4v) is 7.64. The van der Waals surface area contributed by atoms with Crippen molar-refractivity contribution in [1.29, 1.82) is 0 Å². The van der Waals surface area contributed by atoms with Gasteiger partial charge in [-0.2, -0.15) is 0 Å². The van der Waals surface area contributed by atoms with Crippen molar-refractivity contribution in [2.75, 3.05) is 71.6 Å². The summed E-state index contributed by atoms with van der Waals surface area (Å²) >= 11 is 0. The Morgan fingerprint density at radius 1 is 0.821 bits per heavy atom. The lowest BCUT2D eigenvalue weighted by Crippen LogP contribution is -2.55. The zero-order valence-electron chi connectivity index (χ0n) is 40.2. The summed E-state index contributed by atoms with van der Waals surface area (Å²) in [5.74, 6) is 0.452. The van der Waals surface area contributed by atoms with Crippen LogP contribution in [0.1, 0.15) is 111 Å². The number of urea groups is 1. The molecule has 376 valence electrons. The number of aromatic nitrogens is 4. The summed E-state index contributed by atoms with van der Waals surface area (Å²) in [5.41, 5.74) is 21.1. The van der Waals surface area contributed by atoms with Crippen molar-refractivity contribution >= 4 is 46.5 Å². The third kappa shape index (κ3) is 21.3. The summed E-state index contributed by atoms with van der Waals surface area (Å²) in [6.07, 6.45) is 7.37. The van der Waals surface area contributed by atoms with Crippen LogP contribution in [0.3, 0.4) is 0 Å². The molecule has 0 radical (unpaired) electrons. The molecule has 2 aromatic heterocycles. The molecule has 0 saturated heterocycles. The first kappa shape index (κ1) is 55.8. The van der Waals surface area contributed by atoms with Gasteiger partial charge in [-0.1, -0.05) is 32.3 Å². The third-order valence-electron chi connectivity index (χ3n) is 11.2. The number of anilines is 1. The Morgan fingerprint density at radius 2 is 1.49 bits per heavy atom. The van der Waals surface area contributed by atoms with Crippen LogP contribution in [0, 0.1) is 17.8 Å². The zero-order chi connectivity index (χ0) is 49.0. The summed E-state index contributed by atoms with van der Waals surface area (Å²) in [7, 11) is 0. The monoisotopic (exact) mass is 945 g/mol. The first-order valence-corrected chi connectivity index (χ1v) is 23.8. The first-order chi connectivity index (χ1) is 32.2. The highest BCUT2D eigenvalue weighted by Gasteiger charge is 2.30. The fourth-order valence-electron chi connectivity index (χ4n) is 7.64. The molecule has 1 saturated carbocycles. The summed E-state index contributed by atoms with van der Waals surface area (Å²) < 4.78 is 24.3. The van der Waals surface area contributed by atoms with Crippen molar-refractivity contribution in [3.05, 3.63) is 16.3 Å². The number of nitrogens with zero attached hydrogens (tertiary/aromatic N) is 7. The molecule has 3 rings (SSSR count). The number of unbranched alkanes of at least 4 members (excludes halogenated alkanes) is 1. The van der Waals surface area contributed by atoms with E-state index in [1.165, 1.54) is 0 Å². The van der Waals surface area contributed by atoms with Crippen molar-refractivity contribution in [2.24, 2.45) is 28.6 Å². The minimum Gasteiger partial charge on any atom is -0.472 e. The molecular weight excluding hydrogens is 869 g/mol. The molecule has 0 aromatic carbocycles. The lowest BCUT2D eigenvalue weighted by Gasteiger charge is -2.30. The van der Waals surface area contributed by atoms with Gasteiger partial charge in [0.1, 0.15) is 28.9 Å². The number of carbonyl (C=O) groups excluding carboxylic acids is 5. The minimum absolute atomic E-state index is 0.0216. The van der Waals surface area contributed by atoms with E-state index in [4.69, 9.17) is 40.9 Å². The Kier molecular flexibility index (Phi) is 26.2. The predicted octanol–water partition coefficient (Wildman–Crippen LogP) is 3.18. The number of hydrogen-bond donors (Lipinski definition) is 7. The van der Waals surface area contributed by atoms with Crippen LogP contribution in [0.4, 0.5) is 10.6 Å². The molecule has 0 aliphatic heterocycles. The number of azide groups is 1. The second kappa shape index (κ2) is 31.5. The van der Waals surface area contributed by atoms with E-state index in [-0.39, 0.29) is 74.3 Å². The van der Waals surface area contributed by atoms with E-state index < -0.39 is 29.9 Å². The number of imidazole rings is 1. The van der Waals surface area contributed by atoms with Gasteiger partial charge >= 0.3 is 6.03 Å². The Morgan fingerprint density at radius 3 is 2.15 bits per heavy atom. The quantitative estimate of drug-likeness (QED) is 0.0230. The maximum absolute atomic E-state index is 13.7. The Bertz CT molecular complexity index is 1880. The van der Waals surface area contributed by atoms with Crippen molar-refractivity contribution in [3.8, 4) is 5.88 Å². The maximum Gasteiger partial charge on any atom is 0.312 e. The van der Waals surface area contributed by atoms with Gasteiger partial charge in [-0.15, -0.1) is 10.2 Å². The molecule has 9 N–H and O–H groups in total. The molecule has 67 heavy (non-hydrogen) atoms. The number of ether oxygens (including phenoxy) is 4. The van der Waals surface area contributed by atoms with Gasteiger partial charge in [0, 0.05) is 56.9 Å². The fraction of sp³-hybridized carbons (Fsp3) is 0.773. The van der Waals surface area contributed by atoms with Gasteiger partial charge in [0.05, 0.1) is 45.7 Å². The highest BCUT2D eigenvalue weighted by Crippen LogP contribution is 2.34. The van der Waals surface area contributed by atoms with Gasteiger partial charge in [0.15, 0.2) is 5.82 Å². The van der Waals surface area contributed by atoms with E-state index >= 15 is 0 Å². The van der Waals surface area contributed by atoms with Crippen molar-refractivity contribution < 1.29 is 42.9 Å². The maximum atomic E-state index is 13.7. The summed E-state index contributed by atoms with van der Waals surface area (Å²) in [4.78, 5) is 71.5. The molecule has 1 aliphatic carbocycles. The molecular formula is C44H76N14O9. The smallest absolute Gasteiger partial charge is 0.312 e. The van der Waals surface area contributed by atoms with Crippen molar-refractivity contribution in [2.45, 2.75) is 136 Å². The molecule has 6 amide bonds. The molecule has 23 heteroatoms. The number of fused-ring (bicyclic) bond motifs is 1. The van der Waals surface area contributed by atoms with E-state index in [0.29, 0.717) is 76.5 Å². The standard InChI is InChI=1S/C44H76N14O9/c1-6-7-11-34-53-38-39(43(67-30(4)5)56-55-40(38)45)58(34)28-32-16-14-31(15-17-32)27-50-41(61)33(10-9-18-49-44(46)63)52-42(62)37(29(2)3)54-36(60)13-8-12-35(59)48-19-21-64-23-25-66-26-24-65-22-20-51-57-47/h29-33,37H,6-28H2,1-5H3,(H2,45,55)(H,48,59)(H,50,61)(H,52,62)(H,54,60)(H3,46,49,63)/t31-,32-,33-,37-/m0/s1. The topological polar surface area (TPSA) is 327 Å². The summed E-state index contributed by atoms with van der Waals surface area (Å²) in [5, 5.41) is 25.7.